The highest BCUT2D eigenvalue weighted by atomic mass is 32.2. The lowest BCUT2D eigenvalue weighted by Gasteiger charge is -2.15. The van der Waals surface area contributed by atoms with Crippen molar-refractivity contribution in [2.24, 2.45) is 0 Å². The molecule has 0 bridgehead atoms. The minimum atomic E-state index is -0.325. The van der Waals surface area contributed by atoms with Crippen LogP contribution in [0.2, 0.25) is 0 Å². The quantitative estimate of drug-likeness (QED) is 0.494. The van der Waals surface area contributed by atoms with Gasteiger partial charge < -0.3 is 5.32 Å². The molecule has 0 radical (unpaired) electrons. The lowest BCUT2D eigenvalue weighted by molar-refractivity contribution is 0.597. The first-order valence-electron chi connectivity index (χ1n) is 8.74. The highest BCUT2D eigenvalue weighted by Gasteiger charge is 2.14. The Labute approximate surface area is 162 Å². The maximum absolute atomic E-state index is 12.5. The van der Waals surface area contributed by atoms with E-state index >= 15 is 0 Å². The average Bonchev–Trinajstić information content (AvgIpc) is 2.63. The molecule has 0 aliphatic heterocycles. The number of nitrogens with zero attached hydrogens (tertiary/aromatic N) is 4. The van der Waals surface area contributed by atoms with E-state index in [4.69, 9.17) is 6.57 Å². The van der Waals surface area contributed by atoms with E-state index in [1.807, 2.05) is 26.8 Å². The molecule has 0 aliphatic carbocycles. The number of pyridine rings is 1. The van der Waals surface area contributed by atoms with Crippen LogP contribution >= 0.6 is 11.8 Å². The van der Waals surface area contributed by atoms with Crippen LogP contribution in [0, 0.1) is 13.5 Å². The van der Waals surface area contributed by atoms with E-state index in [1.165, 1.54) is 4.90 Å². The zero-order chi connectivity index (χ0) is 19.6. The molecule has 3 rings (SSSR count). The highest BCUT2D eigenvalue weighted by Crippen LogP contribution is 2.26. The number of fused-ring (bicyclic) bond motifs is 1. The molecule has 27 heavy (non-hydrogen) atoms. The zero-order valence-corrected chi connectivity index (χ0v) is 16.6. The number of hydrogen-bond acceptors (Lipinski definition) is 5. The van der Waals surface area contributed by atoms with Gasteiger partial charge in [-0.2, -0.15) is 4.98 Å². The number of hydrogen-bond donors (Lipinski definition) is 1. The second-order valence-corrected chi connectivity index (χ2v) is 7.76. The molecule has 1 aromatic carbocycles. The summed E-state index contributed by atoms with van der Waals surface area (Å²) in [4.78, 5) is 26.0. The first-order valence-corrected chi connectivity index (χ1v) is 9.73. The SMILES string of the molecule is [C-]#[N+]c1cc2cnc(Nc3ccc(SCC)cc3C)nc2n(C(C)C)c1=O. The standard InChI is InChI=1S/C20H21N5OS/c1-6-27-15-7-8-16(13(4)9-15)23-20-22-11-14-10-17(21-5)19(26)25(12(2)3)18(14)24-20/h7-12H,6H2,1-4H3,(H,22,23,24). The summed E-state index contributed by atoms with van der Waals surface area (Å²) in [5.74, 6) is 1.45. The molecule has 0 fully saturated rings. The van der Waals surface area contributed by atoms with Crippen molar-refractivity contribution in [2.75, 3.05) is 11.1 Å². The van der Waals surface area contributed by atoms with E-state index in [0.717, 1.165) is 17.0 Å². The Hall–Kier alpha value is -2.85. The number of rotatable bonds is 5. The maximum atomic E-state index is 12.5. The fourth-order valence-corrected chi connectivity index (χ4v) is 3.64. The van der Waals surface area contributed by atoms with Gasteiger partial charge in [-0.25, -0.2) is 9.83 Å². The Morgan fingerprint density at radius 3 is 2.74 bits per heavy atom. The summed E-state index contributed by atoms with van der Waals surface area (Å²) < 4.78 is 1.55. The summed E-state index contributed by atoms with van der Waals surface area (Å²) in [6, 6.07) is 7.64. The van der Waals surface area contributed by atoms with E-state index in [1.54, 1.807) is 28.6 Å². The van der Waals surface area contributed by atoms with Crippen molar-refractivity contribution in [3.63, 3.8) is 0 Å². The number of thioether (sulfide) groups is 1. The van der Waals surface area contributed by atoms with E-state index < -0.39 is 0 Å². The van der Waals surface area contributed by atoms with Crippen LogP contribution in [0.25, 0.3) is 15.9 Å². The summed E-state index contributed by atoms with van der Waals surface area (Å²) >= 11 is 1.80. The van der Waals surface area contributed by atoms with Gasteiger partial charge in [0, 0.05) is 28.2 Å². The van der Waals surface area contributed by atoms with Crippen molar-refractivity contribution in [1.29, 1.82) is 0 Å². The molecular weight excluding hydrogens is 358 g/mol. The normalized spacial score (nSPS) is 11.0. The van der Waals surface area contributed by atoms with Gasteiger partial charge in [-0.3, -0.25) is 9.36 Å². The van der Waals surface area contributed by atoms with Gasteiger partial charge in [0.1, 0.15) is 5.65 Å². The molecular formula is C20H21N5OS. The molecule has 0 atom stereocenters. The van der Waals surface area contributed by atoms with Crippen LogP contribution in [-0.2, 0) is 0 Å². The van der Waals surface area contributed by atoms with Gasteiger partial charge in [0.2, 0.25) is 5.95 Å². The molecule has 0 unspecified atom stereocenters. The van der Waals surface area contributed by atoms with Crippen LogP contribution < -0.4 is 10.9 Å². The Morgan fingerprint density at radius 2 is 2.11 bits per heavy atom. The minimum absolute atomic E-state index is 0.0837. The molecule has 0 saturated carbocycles. The molecule has 2 heterocycles. The molecule has 1 N–H and O–H groups in total. The predicted octanol–water partition coefficient (Wildman–Crippen LogP) is 5.09. The minimum Gasteiger partial charge on any atom is -0.324 e. The fourth-order valence-electron chi connectivity index (χ4n) is 2.88. The Kier molecular flexibility index (Phi) is 5.47. The number of nitrogens with one attached hydrogen (secondary N) is 1. The summed E-state index contributed by atoms with van der Waals surface area (Å²) in [5.41, 5.74) is 2.30. The second-order valence-electron chi connectivity index (χ2n) is 6.42. The van der Waals surface area contributed by atoms with Crippen LogP contribution in [0.4, 0.5) is 17.3 Å². The monoisotopic (exact) mass is 379 g/mol. The lowest BCUT2D eigenvalue weighted by Crippen LogP contribution is -2.22. The number of aryl methyl sites for hydroxylation is 1. The number of anilines is 2. The van der Waals surface area contributed by atoms with E-state index in [9.17, 15) is 4.79 Å². The average molecular weight is 379 g/mol. The molecule has 0 spiro atoms. The van der Waals surface area contributed by atoms with Crippen molar-refractivity contribution >= 4 is 40.1 Å². The number of benzene rings is 1. The van der Waals surface area contributed by atoms with E-state index in [0.29, 0.717) is 17.0 Å². The molecule has 7 heteroatoms. The van der Waals surface area contributed by atoms with Crippen LogP contribution in [0.5, 0.6) is 0 Å². The van der Waals surface area contributed by atoms with Crippen LogP contribution in [0.3, 0.4) is 0 Å². The summed E-state index contributed by atoms with van der Waals surface area (Å²) in [6.45, 7) is 15.2. The lowest BCUT2D eigenvalue weighted by atomic mass is 10.2. The third-order valence-corrected chi connectivity index (χ3v) is 5.02. The molecule has 0 aliphatic rings. The van der Waals surface area contributed by atoms with Crippen molar-refractivity contribution in [1.82, 2.24) is 14.5 Å². The van der Waals surface area contributed by atoms with Crippen molar-refractivity contribution < 1.29 is 0 Å². The van der Waals surface area contributed by atoms with Gasteiger partial charge in [0.15, 0.2) is 0 Å². The van der Waals surface area contributed by atoms with Gasteiger partial charge in [-0.15, -0.1) is 11.8 Å². The van der Waals surface area contributed by atoms with Gasteiger partial charge in [-0.1, -0.05) is 6.92 Å². The third kappa shape index (κ3) is 3.81. The molecule has 2 aromatic heterocycles. The number of aromatic nitrogens is 3. The van der Waals surface area contributed by atoms with Crippen molar-refractivity contribution in [3.8, 4) is 0 Å². The Bertz CT molecular complexity index is 1100. The highest BCUT2D eigenvalue weighted by molar-refractivity contribution is 7.99. The molecule has 0 amide bonds. The first-order chi connectivity index (χ1) is 12.9. The van der Waals surface area contributed by atoms with Gasteiger partial charge in [-0.05, 0) is 56.4 Å². The smallest absolute Gasteiger partial charge is 0.258 e. The van der Waals surface area contributed by atoms with E-state index in [-0.39, 0.29) is 17.3 Å². The fraction of sp³-hybridized carbons (Fsp3) is 0.300. The van der Waals surface area contributed by atoms with Gasteiger partial charge in [0.25, 0.3) is 11.2 Å². The van der Waals surface area contributed by atoms with Crippen LogP contribution in [-0.4, -0.2) is 20.3 Å². The molecule has 0 saturated heterocycles. The molecule has 138 valence electrons. The summed E-state index contributed by atoms with van der Waals surface area (Å²) in [7, 11) is 0. The predicted molar refractivity (Wildman–Crippen MR) is 111 cm³/mol. The summed E-state index contributed by atoms with van der Waals surface area (Å²) in [6.07, 6.45) is 1.65. The first kappa shape index (κ1) is 18.9. The molecule has 3 aromatic rings. The van der Waals surface area contributed by atoms with Crippen molar-refractivity contribution in [2.45, 2.75) is 38.6 Å². The second kappa shape index (κ2) is 7.80. The topological polar surface area (TPSA) is 64.2 Å². The Balaban J connectivity index is 2.06. The van der Waals surface area contributed by atoms with Gasteiger partial charge >= 0.3 is 0 Å². The van der Waals surface area contributed by atoms with Crippen molar-refractivity contribution in [3.05, 3.63) is 57.8 Å². The van der Waals surface area contributed by atoms with Gasteiger partial charge in [0.05, 0.1) is 6.57 Å². The van der Waals surface area contributed by atoms with E-state index in [2.05, 4.69) is 39.2 Å². The third-order valence-electron chi connectivity index (χ3n) is 4.15. The maximum Gasteiger partial charge on any atom is 0.258 e. The summed E-state index contributed by atoms with van der Waals surface area (Å²) in [5, 5.41) is 3.91. The Morgan fingerprint density at radius 1 is 1.33 bits per heavy atom. The van der Waals surface area contributed by atoms with Crippen LogP contribution in [0.1, 0.15) is 32.4 Å². The molecule has 6 nitrogen and oxygen atoms in total. The largest absolute Gasteiger partial charge is 0.324 e. The van der Waals surface area contributed by atoms with Crippen LogP contribution in [0.15, 0.2) is 40.2 Å². The zero-order valence-electron chi connectivity index (χ0n) is 15.8.